The first kappa shape index (κ1) is 13.5. The van der Waals surface area contributed by atoms with E-state index in [1.54, 1.807) is 6.07 Å². The third-order valence-electron chi connectivity index (χ3n) is 3.29. The minimum atomic E-state index is -0.440. The number of nitrogens with zero attached hydrogens (tertiary/aromatic N) is 3. The molecule has 3 aromatic heterocycles. The normalized spacial score (nSPS) is 11.8. The van der Waals surface area contributed by atoms with Gasteiger partial charge in [-0.3, -0.25) is 4.79 Å². The highest BCUT2D eigenvalue weighted by molar-refractivity contribution is 5.98. The Hall–Kier alpha value is -2.49. The molecule has 4 nitrogen and oxygen atoms in total. The molecule has 0 aromatic carbocycles. The molecule has 3 heterocycles. The summed E-state index contributed by atoms with van der Waals surface area (Å²) in [7, 11) is 0. The van der Waals surface area contributed by atoms with E-state index in [2.05, 4.69) is 9.97 Å². The van der Waals surface area contributed by atoms with Crippen molar-refractivity contribution in [2.45, 2.75) is 20.8 Å². The molecule has 4 heteroatoms. The van der Waals surface area contributed by atoms with E-state index in [1.165, 1.54) is 0 Å². The lowest BCUT2D eigenvalue weighted by Crippen LogP contribution is -2.21. The maximum atomic E-state index is 12.3. The number of pyridine rings is 2. The predicted molar refractivity (Wildman–Crippen MR) is 82.2 cm³/mol. The highest BCUT2D eigenvalue weighted by Crippen LogP contribution is 2.22. The van der Waals surface area contributed by atoms with Crippen LogP contribution >= 0.6 is 0 Å². The van der Waals surface area contributed by atoms with E-state index in [9.17, 15) is 4.79 Å². The Morgan fingerprint density at radius 1 is 1.00 bits per heavy atom. The minimum absolute atomic E-state index is 0.0353. The fourth-order valence-corrected chi connectivity index (χ4v) is 2.15. The topological polar surface area (TPSA) is 47.3 Å². The summed E-state index contributed by atoms with van der Waals surface area (Å²) < 4.78 is 1.94. The van der Waals surface area contributed by atoms with Crippen LogP contribution in [0.5, 0.6) is 0 Å². The molecule has 0 radical (unpaired) electrons. The fourth-order valence-electron chi connectivity index (χ4n) is 2.15. The number of imidazole rings is 1. The van der Waals surface area contributed by atoms with E-state index in [0.717, 1.165) is 11.3 Å². The maximum absolute atomic E-state index is 12.3. The Morgan fingerprint density at radius 2 is 1.81 bits per heavy atom. The molecular weight excluding hydrogens is 262 g/mol. The van der Waals surface area contributed by atoms with Gasteiger partial charge in [0.25, 0.3) is 0 Å². The number of ketones is 1. The van der Waals surface area contributed by atoms with Crippen LogP contribution in [0.25, 0.3) is 17.0 Å². The number of fused-ring (bicyclic) bond motifs is 1. The molecule has 3 rings (SSSR count). The molecule has 0 spiro atoms. The van der Waals surface area contributed by atoms with Crippen LogP contribution in [0.2, 0.25) is 0 Å². The van der Waals surface area contributed by atoms with E-state index >= 15 is 0 Å². The smallest absolute Gasteiger partial charge is 0.186 e. The van der Waals surface area contributed by atoms with Crippen LogP contribution in [0, 0.1) is 5.41 Å². The van der Waals surface area contributed by atoms with Crippen LogP contribution in [-0.2, 0) is 0 Å². The summed E-state index contributed by atoms with van der Waals surface area (Å²) in [5.41, 5.74) is 2.39. The molecule has 0 amide bonds. The third kappa shape index (κ3) is 2.57. The second-order valence-corrected chi connectivity index (χ2v) is 6.08. The van der Waals surface area contributed by atoms with E-state index in [-0.39, 0.29) is 5.78 Å². The van der Waals surface area contributed by atoms with Gasteiger partial charge in [0.15, 0.2) is 5.78 Å². The van der Waals surface area contributed by atoms with E-state index < -0.39 is 5.41 Å². The molecule has 0 N–H and O–H groups in total. The van der Waals surface area contributed by atoms with Gasteiger partial charge in [-0.05, 0) is 24.3 Å². The van der Waals surface area contributed by atoms with Crippen molar-refractivity contribution in [2.75, 3.05) is 0 Å². The van der Waals surface area contributed by atoms with Gasteiger partial charge in [0, 0.05) is 17.8 Å². The van der Waals surface area contributed by atoms with Gasteiger partial charge < -0.3 is 4.40 Å². The summed E-state index contributed by atoms with van der Waals surface area (Å²) >= 11 is 0. The van der Waals surface area contributed by atoms with Crippen molar-refractivity contribution in [1.29, 1.82) is 0 Å². The monoisotopic (exact) mass is 279 g/mol. The zero-order valence-corrected chi connectivity index (χ0v) is 12.4. The third-order valence-corrected chi connectivity index (χ3v) is 3.29. The quantitative estimate of drug-likeness (QED) is 0.673. The number of hydrogen-bond acceptors (Lipinski definition) is 3. The number of aromatic nitrogens is 3. The number of rotatable bonds is 2. The molecule has 0 bridgehead atoms. The van der Waals surface area contributed by atoms with Crippen LogP contribution in [0.1, 0.15) is 31.3 Å². The molecule has 0 saturated carbocycles. The van der Waals surface area contributed by atoms with Crippen LogP contribution in [0.4, 0.5) is 0 Å². The van der Waals surface area contributed by atoms with Crippen molar-refractivity contribution >= 4 is 11.4 Å². The molecule has 0 atom stereocenters. The van der Waals surface area contributed by atoms with Crippen molar-refractivity contribution in [2.24, 2.45) is 5.41 Å². The van der Waals surface area contributed by atoms with Crippen LogP contribution in [-0.4, -0.2) is 20.2 Å². The van der Waals surface area contributed by atoms with Crippen molar-refractivity contribution in [3.63, 3.8) is 0 Å². The Labute approximate surface area is 123 Å². The first-order valence-electron chi connectivity index (χ1n) is 6.91. The average molecular weight is 279 g/mol. The lowest BCUT2D eigenvalue weighted by molar-refractivity contribution is 0.0853. The lowest BCUT2D eigenvalue weighted by atomic mass is 9.88. The number of carbonyl (C=O) groups is 1. The standard InChI is InChI=1S/C17H17N3O/c1-17(2,3)16(21)13-8-6-7-12(18-13)14-11-20-10-5-4-9-15(20)19-14/h4-11H,1-3H3. The zero-order chi connectivity index (χ0) is 15.0. The number of hydrogen-bond donors (Lipinski definition) is 0. The molecule has 106 valence electrons. The number of Topliss-reactive ketones (excluding diaryl/α,β-unsaturated/α-hetero) is 1. The van der Waals surface area contributed by atoms with Gasteiger partial charge in [0.05, 0.1) is 5.69 Å². The van der Waals surface area contributed by atoms with Gasteiger partial charge in [-0.2, -0.15) is 0 Å². The van der Waals surface area contributed by atoms with Crippen molar-refractivity contribution in [3.05, 3.63) is 54.5 Å². The molecule has 3 aromatic rings. The van der Waals surface area contributed by atoms with Crippen molar-refractivity contribution in [1.82, 2.24) is 14.4 Å². The lowest BCUT2D eigenvalue weighted by Gasteiger charge is -2.15. The fraction of sp³-hybridized carbons (Fsp3) is 0.235. The van der Waals surface area contributed by atoms with Gasteiger partial charge in [0.1, 0.15) is 17.0 Å². The molecule has 0 saturated heterocycles. The molecule has 0 unspecified atom stereocenters. The summed E-state index contributed by atoms with van der Waals surface area (Å²) in [5.74, 6) is 0.0353. The van der Waals surface area contributed by atoms with E-state index in [0.29, 0.717) is 11.4 Å². The second-order valence-electron chi connectivity index (χ2n) is 6.08. The molecule has 21 heavy (non-hydrogen) atoms. The SMILES string of the molecule is CC(C)(C)C(=O)c1cccc(-c2cn3ccccc3n2)n1. The Kier molecular flexibility index (Phi) is 3.09. The Bertz CT molecular complexity index is 779. The molecule has 0 aliphatic carbocycles. The Morgan fingerprint density at radius 3 is 2.52 bits per heavy atom. The van der Waals surface area contributed by atoms with Gasteiger partial charge in [-0.1, -0.05) is 32.9 Å². The minimum Gasteiger partial charge on any atom is -0.306 e. The summed E-state index contributed by atoms with van der Waals surface area (Å²) in [6, 6.07) is 11.3. The van der Waals surface area contributed by atoms with E-state index in [1.807, 2.05) is 67.9 Å². The summed E-state index contributed by atoms with van der Waals surface area (Å²) in [6.07, 6.45) is 3.86. The molecule has 0 aliphatic heterocycles. The Balaban J connectivity index is 2.05. The maximum Gasteiger partial charge on any atom is 0.186 e. The van der Waals surface area contributed by atoms with Gasteiger partial charge in [-0.15, -0.1) is 0 Å². The van der Waals surface area contributed by atoms with E-state index in [4.69, 9.17) is 0 Å². The molecule has 0 aliphatic rings. The van der Waals surface area contributed by atoms with Crippen LogP contribution in [0.3, 0.4) is 0 Å². The van der Waals surface area contributed by atoms with Gasteiger partial charge in [0.2, 0.25) is 0 Å². The van der Waals surface area contributed by atoms with Crippen LogP contribution < -0.4 is 0 Å². The largest absolute Gasteiger partial charge is 0.306 e. The second kappa shape index (κ2) is 4.81. The molecule has 0 fully saturated rings. The van der Waals surface area contributed by atoms with Crippen molar-refractivity contribution < 1.29 is 4.79 Å². The summed E-state index contributed by atoms with van der Waals surface area (Å²) in [5, 5.41) is 0. The number of carbonyl (C=O) groups excluding carboxylic acids is 1. The first-order chi connectivity index (χ1) is 9.95. The first-order valence-corrected chi connectivity index (χ1v) is 6.91. The summed E-state index contributed by atoms with van der Waals surface area (Å²) in [4.78, 5) is 21.3. The van der Waals surface area contributed by atoms with Gasteiger partial charge >= 0.3 is 0 Å². The highest BCUT2D eigenvalue weighted by Gasteiger charge is 2.24. The van der Waals surface area contributed by atoms with Gasteiger partial charge in [-0.25, -0.2) is 9.97 Å². The predicted octanol–water partition coefficient (Wildman–Crippen LogP) is 3.63. The van der Waals surface area contributed by atoms with Crippen molar-refractivity contribution in [3.8, 4) is 11.4 Å². The zero-order valence-electron chi connectivity index (χ0n) is 12.4. The van der Waals surface area contributed by atoms with Crippen LogP contribution in [0.15, 0.2) is 48.8 Å². The average Bonchev–Trinajstić information content (AvgIpc) is 2.89. The highest BCUT2D eigenvalue weighted by atomic mass is 16.1. The molecular formula is C17H17N3O. The summed E-state index contributed by atoms with van der Waals surface area (Å²) in [6.45, 7) is 5.69.